The van der Waals surface area contributed by atoms with Crippen molar-refractivity contribution in [3.8, 4) is 0 Å². The summed E-state index contributed by atoms with van der Waals surface area (Å²) in [6.45, 7) is 6.40. The molecule has 5 nitrogen and oxygen atoms in total. The molecule has 6 heteroatoms. The van der Waals surface area contributed by atoms with E-state index in [1.165, 1.54) is 6.07 Å². The average Bonchev–Trinajstić information content (AvgIpc) is 2.23. The number of hydrogen-bond donors (Lipinski definition) is 2. The first kappa shape index (κ1) is 15.9. The van der Waals surface area contributed by atoms with Crippen molar-refractivity contribution >= 4 is 27.3 Å². The van der Waals surface area contributed by atoms with Gasteiger partial charge < -0.3 is 10.4 Å². The number of aliphatic hydroxyl groups excluding tert-OH is 1. The van der Waals surface area contributed by atoms with Gasteiger partial charge >= 0.3 is 0 Å². The number of benzene rings is 1. The zero-order valence-electron chi connectivity index (χ0n) is 11.3. The van der Waals surface area contributed by atoms with Crippen LogP contribution in [0.2, 0.25) is 0 Å². The lowest BCUT2D eigenvalue weighted by Crippen LogP contribution is -2.25. The highest BCUT2D eigenvalue weighted by molar-refractivity contribution is 9.10. The molecule has 0 heterocycles. The van der Waals surface area contributed by atoms with Crippen molar-refractivity contribution < 1.29 is 10.0 Å². The summed E-state index contributed by atoms with van der Waals surface area (Å²) in [5.74, 6) is 0. The minimum atomic E-state index is -0.543. The van der Waals surface area contributed by atoms with Crippen LogP contribution in [0.5, 0.6) is 0 Å². The Labute approximate surface area is 121 Å². The molecule has 2 N–H and O–H groups in total. The highest BCUT2D eigenvalue weighted by Gasteiger charge is 2.18. The number of halogens is 1. The predicted octanol–water partition coefficient (Wildman–Crippen LogP) is 3.57. The van der Waals surface area contributed by atoms with Crippen LogP contribution < -0.4 is 5.32 Å². The van der Waals surface area contributed by atoms with Gasteiger partial charge in [0.2, 0.25) is 0 Å². The third-order valence-electron chi connectivity index (χ3n) is 2.53. The normalized spacial score (nSPS) is 13.1. The molecule has 0 saturated carbocycles. The van der Waals surface area contributed by atoms with Crippen LogP contribution in [0, 0.1) is 15.5 Å². The van der Waals surface area contributed by atoms with E-state index < -0.39 is 11.0 Å². The maximum absolute atomic E-state index is 10.9. The molecule has 1 atom stereocenters. The third-order valence-corrected chi connectivity index (χ3v) is 3.02. The van der Waals surface area contributed by atoms with Gasteiger partial charge in [0.15, 0.2) is 0 Å². The summed E-state index contributed by atoms with van der Waals surface area (Å²) in [5.41, 5.74) is 0.433. The van der Waals surface area contributed by atoms with Crippen molar-refractivity contribution in [2.45, 2.75) is 33.3 Å². The maximum atomic E-state index is 10.9. The van der Waals surface area contributed by atoms with E-state index in [0.717, 1.165) is 4.47 Å². The monoisotopic (exact) mass is 330 g/mol. The Hall–Kier alpha value is -1.14. The summed E-state index contributed by atoms with van der Waals surface area (Å²) in [4.78, 5) is 10.5. The van der Waals surface area contributed by atoms with Gasteiger partial charge in [-0.1, -0.05) is 36.7 Å². The van der Waals surface area contributed by atoms with Crippen molar-refractivity contribution in [3.05, 3.63) is 32.8 Å². The van der Waals surface area contributed by atoms with Gasteiger partial charge in [-0.15, -0.1) is 0 Å². The van der Waals surface area contributed by atoms with E-state index in [-0.39, 0.29) is 17.6 Å². The summed E-state index contributed by atoms with van der Waals surface area (Å²) in [6, 6.07) is 4.69. The van der Waals surface area contributed by atoms with E-state index in [0.29, 0.717) is 12.1 Å². The van der Waals surface area contributed by atoms with E-state index >= 15 is 0 Å². The van der Waals surface area contributed by atoms with Gasteiger partial charge in [0, 0.05) is 17.1 Å². The first-order valence-corrected chi connectivity index (χ1v) is 6.84. The Balaban J connectivity index is 2.72. The van der Waals surface area contributed by atoms with E-state index in [2.05, 4.69) is 21.2 Å². The fourth-order valence-corrected chi connectivity index (χ4v) is 2.18. The van der Waals surface area contributed by atoms with Crippen molar-refractivity contribution in [1.82, 2.24) is 0 Å². The second-order valence-electron chi connectivity index (χ2n) is 5.72. The molecule has 19 heavy (non-hydrogen) atoms. The minimum absolute atomic E-state index is 0.00570. The van der Waals surface area contributed by atoms with Crippen molar-refractivity contribution in [2.75, 3.05) is 11.9 Å². The molecule has 1 rings (SSSR count). The molecule has 0 aliphatic rings. The van der Waals surface area contributed by atoms with Crippen LogP contribution in [0.3, 0.4) is 0 Å². The molecule has 106 valence electrons. The molecule has 0 bridgehead atoms. The van der Waals surface area contributed by atoms with Gasteiger partial charge in [0.05, 0.1) is 11.0 Å². The number of hydrogen-bond acceptors (Lipinski definition) is 4. The molecule has 0 fully saturated rings. The van der Waals surface area contributed by atoms with Gasteiger partial charge in [-0.05, 0) is 24.0 Å². The summed E-state index contributed by atoms with van der Waals surface area (Å²) in [5, 5.41) is 23.7. The lowest BCUT2D eigenvalue weighted by atomic mass is 9.89. The lowest BCUT2D eigenvalue weighted by molar-refractivity contribution is -0.384. The topological polar surface area (TPSA) is 75.4 Å². The van der Waals surface area contributed by atoms with Gasteiger partial charge in [-0.2, -0.15) is 0 Å². The fraction of sp³-hybridized carbons (Fsp3) is 0.538. The lowest BCUT2D eigenvalue weighted by Gasteiger charge is -2.22. The van der Waals surface area contributed by atoms with Crippen LogP contribution in [-0.2, 0) is 0 Å². The van der Waals surface area contributed by atoms with Crippen molar-refractivity contribution in [3.63, 3.8) is 0 Å². The first-order chi connectivity index (χ1) is 8.69. The van der Waals surface area contributed by atoms with Crippen LogP contribution in [0.1, 0.15) is 27.2 Å². The quantitative estimate of drug-likeness (QED) is 0.639. The molecular formula is C13H19BrN2O3. The van der Waals surface area contributed by atoms with Crippen LogP contribution in [0.25, 0.3) is 0 Å². The Bertz CT molecular complexity index is 458. The second-order valence-corrected chi connectivity index (χ2v) is 6.63. The van der Waals surface area contributed by atoms with E-state index in [1.54, 1.807) is 12.1 Å². The number of anilines is 1. The molecule has 0 aliphatic heterocycles. The average molecular weight is 331 g/mol. The molecule has 0 amide bonds. The smallest absolute Gasteiger partial charge is 0.292 e. The Kier molecular flexibility index (Phi) is 5.31. The SMILES string of the molecule is CC(C)(C)CC(O)CNc1cc(Br)ccc1[N+](=O)[O-]. The van der Waals surface area contributed by atoms with E-state index in [1.807, 2.05) is 20.8 Å². The molecule has 0 spiro atoms. The Morgan fingerprint density at radius 2 is 2.11 bits per heavy atom. The molecule has 1 aromatic carbocycles. The highest BCUT2D eigenvalue weighted by atomic mass is 79.9. The number of aliphatic hydroxyl groups is 1. The molecular weight excluding hydrogens is 312 g/mol. The zero-order valence-corrected chi connectivity index (χ0v) is 12.9. The minimum Gasteiger partial charge on any atom is -0.391 e. The fourth-order valence-electron chi connectivity index (χ4n) is 1.82. The number of nitrogens with zero attached hydrogens (tertiary/aromatic N) is 1. The van der Waals surface area contributed by atoms with Crippen molar-refractivity contribution in [2.24, 2.45) is 5.41 Å². The number of nitro benzene ring substituents is 1. The molecule has 1 aromatic rings. The summed E-state index contributed by atoms with van der Waals surface area (Å²) < 4.78 is 0.755. The number of rotatable bonds is 5. The first-order valence-electron chi connectivity index (χ1n) is 6.05. The number of nitrogens with one attached hydrogen (secondary N) is 1. The van der Waals surface area contributed by atoms with Gasteiger partial charge in [0.25, 0.3) is 5.69 Å². The standard InChI is InChI=1S/C13H19BrN2O3/c1-13(2,3)7-10(17)8-15-11-6-9(14)4-5-12(11)16(18)19/h4-6,10,15,17H,7-8H2,1-3H3. The molecule has 0 radical (unpaired) electrons. The molecule has 0 saturated heterocycles. The van der Waals surface area contributed by atoms with Crippen LogP contribution in [0.4, 0.5) is 11.4 Å². The third kappa shape index (κ3) is 5.57. The predicted molar refractivity (Wildman–Crippen MR) is 79.4 cm³/mol. The van der Waals surface area contributed by atoms with Gasteiger partial charge in [-0.25, -0.2) is 0 Å². The van der Waals surface area contributed by atoms with Gasteiger partial charge in [-0.3, -0.25) is 10.1 Å². The largest absolute Gasteiger partial charge is 0.391 e. The van der Waals surface area contributed by atoms with Crippen LogP contribution in [0.15, 0.2) is 22.7 Å². The van der Waals surface area contributed by atoms with E-state index in [4.69, 9.17) is 0 Å². The van der Waals surface area contributed by atoms with Crippen LogP contribution >= 0.6 is 15.9 Å². The maximum Gasteiger partial charge on any atom is 0.292 e. The Morgan fingerprint density at radius 1 is 1.47 bits per heavy atom. The Morgan fingerprint density at radius 3 is 2.63 bits per heavy atom. The van der Waals surface area contributed by atoms with Gasteiger partial charge in [0.1, 0.15) is 5.69 Å². The van der Waals surface area contributed by atoms with Crippen molar-refractivity contribution in [1.29, 1.82) is 0 Å². The summed E-state index contributed by atoms with van der Waals surface area (Å²) in [7, 11) is 0. The van der Waals surface area contributed by atoms with Crippen LogP contribution in [-0.4, -0.2) is 22.7 Å². The zero-order chi connectivity index (χ0) is 14.6. The molecule has 1 unspecified atom stereocenters. The molecule has 0 aliphatic carbocycles. The second kappa shape index (κ2) is 6.34. The molecule has 0 aromatic heterocycles. The number of nitro groups is 1. The van der Waals surface area contributed by atoms with E-state index in [9.17, 15) is 15.2 Å². The summed E-state index contributed by atoms with van der Waals surface area (Å²) >= 11 is 3.28. The summed E-state index contributed by atoms with van der Waals surface area (Å²) in [6.07, 6.45) is 0.0838. The highest BCUT2D eigenvalue weighted by Crippen LogP contribution is 2.28.